The third kappa shape index (κ3) is 4.71. The van der Waals surface area contributed by atoms with Gasteiger partial charge in [0.05, 0.1) is 6.42 Å². The first kappa shape index (κ1) is 21.3. The molecule has 4 saturated carbocycles. The molecule has 162 valence electrons. The molecule has 0 radical (unpaired) electrons. The predicted octanol–water partition coefficient (Wildman–Crippen LogP) is 3.96. The minimum Gasteiger partial charge on any atom is -0.456 e. The van der Waals surface area contributed by atoms with Gasteiger partial charge in [-0.25, -0.2) is 0 Å². The highest BCUT2D eigenvalue weighted by molar-refractivity contribution is 9.10. The fourth-order valence-corrected chi connectivity index (χ4v) is 6.24. The van der Waals surface area contributed by atoms with Crippen molar-refractivity contribution < 1.29 is 19.1 Å². The highest BCUT2D eigenvalue weighted by Crippen LogP contribution is 2.60. The molecule has 4 aliphatic rings. The van der Waals surface area contributed by atoms with Crippen LogP contribution in [0.15, 0.2) is 22.7 Å². The largest absolute Gasteiger partial charge is 0.456 e. The van der Waals surface area contributed by atoms with Crippen LogP contribution in [-0.2, 0) is 19.1 Å². The van der Waals surface area contributed by atoms with Gasteiger partial charge in [0.25, 0.3) is 5.91 Å². The second kappa shape index (κ2) is 8.69. The monoisotopic (exact) mass is 476 g/mol. The summed E-state index contributed by atoms with van der Waals surface area (Å²) in [4.78, 5) is 36.8. The quantitative estimate of drug-likeness (QED) is 0.583. The molecule has 1 aromatic rings. The summed E-state index contributed by atoms with van der Waals surface area (Å²) >= 11 is 3.41. The number of amides is 2. The molecule has 4 aliphatic carbocycles. The zero-order valence-corrected chi connectivity index (χ0v) is 18.9. The van der Waals surface area contributed by atoms with E-state index in [0.717, 1.165) is 29.3 Å². The molecule has 0 aliphatic heterocycles. The molecule has 6 nitrogen and oxygen atoms in total. The summed E-state index contributed by atoms with van der Waals surface area (Å²) in [6.07, 6.45) is 6.96. The van der Waals surface area contributed by atoms with Crippen molar-refractivity contribution in [1.29, 1.82) is 0 Å². The van der Waals surface area contributed by atoms with Crippen molar-refractivity contribution in [1.82, 2.24) is 5.32 Å². The Kier molecular flexibility index (Phi) is 6.19. The Morgan fingerprint density at radius 1 is 1.10 bits per heavy atom. The van der Waals surface area contributed by atoms with Crippen LogP contribution in [0.25, 0.3) is 0 Å². The molecule has 2 N–H and O–H groups in total. The Morgan fingerprint density at radius 3 is 2.33 bits per heavy atom. The standard InChI is InChI=1S/C23H29BrN2O4/c1-14-6-18(2-3-19(14)24)26-20(27)13-30-21(28)4-5-25-22(29)23-10-15-7-16(11-23)9-17(8-15)12-23/h2-3,6,15-17H,4-5,7-13H2,1H3,(H,25,29)(H,26,27). The molecule has 0 atom stereocenters. The fraction of sp³-hybridized carbons (Fsp3) is 0.609. The Hall–Kier alpha value is -1.89. The van der Waals surface area contributed by atoms with Gasteiger partial charge in [0.15, 0.2) is 6.61 Å². The maximum Gasteiger partial charge on any atom is 0.308 e. The summed E-state index contributed by atoms with van der Waals surface area (Å²) in [5.41, 5.74) is 1.44. The topological polar surface area (TPSA) is 84.5 Å². The molecule has 0 saturated heterocycles. The number of hydrogen-bond acceptors (Lipinski definition) is 4. The van der Waals surface area contributed by atoms with Gasteiger partial charge in [-0.1, -0.05) is 15.9 Å². The number of esters is 1. The number of anilines is 1. The number of halogens is 1. The lowest BCUT2D eigenvalue weighted by molar-refractivity contribution is -0.148. The van der Waals surface area contributed by atoms with E-state index in [1.807, 2.05) is 19.1 Å². The molecule has 2 amide bonds. The second-order valence-corrected chi connectivity index (χ2v) is 10.2. The van der Waals surface area contributed by atoms with Crippen molar-refractivity contribution in [3.63, 3.8) is 0 Å². The van der Waals surface area contributed by atoms with Gasteiger partial charge in [-0.15, -0.1) is 0 Å². The molecule has 0 aromatic heterocycles. The predicted molar refractivity (Wildman–Crippen MR) is 117 cm³/mol. The Labute approximate surface area is 185 Å². The molecule has 30 heavy (non-hydrogen) atoms. The van der Waals surface area contributed by atoms with Crippen LogP contribution in [0.4, 0.5) is 5.69 Å². The van der Waals surface area contributed by atoms with Crippen LogP contribution in [-0.4, -0.2) is 30.9 Å². The highest BCUT2D eigenvalue weighted by atomic mass is 79.9. The molecule has 0 spiro atoms. The third-order valence-corrected chi connectivity index (χ3v) is 7.83. The zero-order chi connectivity index (χ0) is 21.3. The van der Waals surface area contributed by atoms with Gasteiger partial charge in [-0.2, -0.15) is 0 Å². The average molecular weight is 477 g/mol. The second-order valence-electron chi connectivity index (χ2n) is 9.38. The molecular formula is C23H29BrN2O4. The zero-order valence-electron chi connectivity index (χ0n) is 17.3. The first-order chi connectivity index (χ1) is 14.3. The molecule has 1 aromatic carbocycles. The first-order valence-electron chi connectivity index (χ1n) is 10.8. The van der Waals surface area contributed by atoms with Gasteiger partial charge in [-0.05, 0) is 87.0 Å². The highest BCUT2D eigenvalue weighted by Gasteiger charge is 2.54. The number of ether oxygens (including phenoxy) is 1. The molecule has 0 heterocycles. The van der Waals surface area contributed by atoms with Crippen LogP contribution in [0.1, 0.15) is 50.5 Å². The average Bonchev–Trinajstić information content (AvgIpc) is 2.68. The summed E-state index contributed by atoms with van der Waals surface area (Å²) in [6, 6.07) is 5.46. The van der Waals surface area contributed by atoms with E-state index in [1.54, 1.807) is 6.07 Å². The van der Waals surface area contributed by atoms with Crippen molar-refractivity contribution in [2.75, 3.05) is 18.5 Å². The maximum absolute atomic E-state index is 12.9. The van der Waals surface area contributed by atoms with Crippen LogP contribution in [0.2, 0.25) is 0 Å². The van der Waals surface area contributed by atoms with Crippen LogP contribution in [0, 0.1) is 30.1 Å². The van der Waals surface area contributed by atoms with Crippen molar-refractivity contribution in [3.05, 3.63) is 28.2 Å². The van der Waals surface area contributed by atoms with Gasteiger partial charge in [0.2, 0.25) is 5.91 Å². The lowest BCUT2D eigenvalue weighted by Gasteiger charge is -2.55. The van der Waals surface area contributed by atoms with Crippen LogP contribution < -0.4 is 10.6 Å². The van der Waals surface area contributed by atoms with Crippen LogP contribution in [0.5, 0.6) is 0 Å². The number of benzene rings is 1. The molecule has 0 unspecified atom stereocenters. The van der Waals surface area contributed by atoms with E-state index in [2.05, 4.69) is 26.6 Å². The summed E-state index contributed by atoms with van der Waals surface area (Å²) < 4.78 is 6.01. The number of rotatable bonds is 7. The van der Waals surface area contributed by atoms with Crippen molar-refractivity contribution >= 4 is 39.4 Å². The number of carbonyl (C=O) groups excluding carboxylic acids is 3. The van der Waals surface area contributed by atoms with Gasteiger partial charge in [-0.3, -0.25) is 14.4 Å². The SMILES string of the molecule is Cc1cc(NC(=O)COC(=O)CCNC(=O)C23CC4CC(CC(C4)C2)C3)ccc1Br. The smallest absolute Gasteiger partial charge is 0.308 e. The van der Waals surface area contributed by atoms with Crippen LogP contribution in [0.3, 0.4) is 0 Å². The number of carbonyl (C=O) groups is 3. The first-order valence-corrected chi connectivity index (χ1v) is 11.6. The minimum atomic E-state index is -0.483. The maximum atomic E-state index is 12.9. The Balaban J connectivity index is 1.17. The molecule has 5 rings (SSSR count). The molecule has 7 heteroatoms. The summed E-state index contributed by atoms with van der Waals surface area (Å²) in [7, 11) is 0. The van der Waals surface area contributed by atoms with E-state index in [-0.39, 0.29) is 36.8 Å². The van der Waals surface area contributed by atoms with Crippen LogP contribution >= 0.6 is 15.9 Å². The molecular weight excluding hydrogens is 448 g/mol. The van der Waals surface area contributed by atoms with Gasteiger partial charge < -0.3 is 15.4 Å². The summed E-state index contributed by atoms with van der Waals surface area (Å²) in [6.45, 7) is 1.85. The number of hydrogen-bond donors (Lipinski definition) is 2. The number of nitrogens with one attached hydrogen (secondary N) is 2. The fourth-order valence-electron chi connectivity index (χ4n) is 5.99. The van der Waals surface area contributed by atoms with Crippen molar-refractivity contribution in [2.24, 2.45) is 23.2 Å². The van der Waals surface area contributed by atoms with E-state index in [1.165, 1.54) is 19.3 Å². The van der Waals surface area contributed by atoms with E-state index in [4.69, 9.17) is 4.74 Å². The lowest BCUT2D eigenvalue weighted by Crippen LogP contribution is -2.53. The molecule has 4 bridgehead atoms. The van der Waals surface area contributed by atoms with Crippen molar-refractivity contribution in [3.8, 4) is 0 Å². The van der Waals surface area contributed by atoms with E-state index >= 15 is 0 Å². The molecule has 4 fully saturated rings. The summed E-state index contributed by atoms with van der Waals surface area (Å²) in [5.74, 6) is 1.36. The Bertz CT molecular complexity index is 818. The van der Waals surface area contributed by atoms with E-state index < -0.39 is 5.97 Å². The lowest BCUT2D eigenvalue weighted by atomic mass is 9.49. The van der Waals surface area contributed by atoms with E-state index in [0.29, 0.717) is 23.4 Å². The normalized spacial score (nSPS) is 28.8. The van der Waals surface area contributed by atoms with Gasteiger partial charge in [0, 0.05) is 22.1 Å². The van der Waals surface area contributed by atoms with Gasteiger partial charge in [0.1, 0.15) is 0 Å². The van der Waals surface area contributed by atoms with E-state index in [9.17, 15) is 14.4 Å². The van der Waals surface area contributed by atoms with Gasteiger partial charge >= 0.3 is 5.97 Å². The minimum absolute atomic E-state index is 0.0722. The number of aryl methyl sites for hydroxylation is 1. The Morgan fingerprint density at radius 2 is 1.73 bits per heavy atom. The van der Waals surface area contributed by atoms with Crippen molar-refractivity contribution in [2.45, 2.75) is 51.9 Å². The summed E-state index contributed by atoms with van der Waals surface area (Å²) in [5, 5.41) is 5.67. The third-order valence-electron chi connectivity index (χ3n) is 6.94.